The summed E-state index contributed by atoms with van der Waals surface area (Å²) in [5.41, 5.74) is 6.03. The van der Waals surface area contributed by atoms with Gasteiger partial charge in [-0.3, -0.25) is 20.2 Å². The molecule has 2 heterocycles. The number of para-hydroxylation sites is 2. The fourth-order valence-electron chi connectivity index (χ4n) is 5.11. The van der Waals surface area contributed by atoms with Gasteiger partial charge in [0, 0.05) is 29.8 Å². The first-order chi connectivity index (χ1) is 18.4. The van der Waals surface area contributed by atoms with E-state index in [1.165, 1.54) is 24.3 Å². The maximum atomic E-state index is 11.3. The predicted molar refractivity (Wildman–Crippen MR) is 143 cm³/mol. The Balaban J connectivity index is 1.52. The number of nitro groups is 2. The second-order valence-corrected chi connectivity index (χ2v) is 9.31. The molecular weight excluding hydrogens is 484 g/mol. The normalized spacial score (nSPS) is 19.9. The van der Waals surface area contributed by atoms with E-state index in [9.17, 15) is 20.2 Å². The van der Waals surface area contributed by atoms with E-state index in [-0.39, 0.29) is 17.4 Å². The molecule has 9 heteroatoms. The summed E-state index contributed by atoms with van der Waals surface area (Å²) >= 11 is 0. The van der Waals surface area contributed by atoms with E-state index >= 15 is 0 Å². The molecule has 0 spiro atoms. The van der Waals surface area contributed by atoms with Gasteiger partial charge in [0.1, 0.15) is 6.10 Å². The first-order valence-corrected chi connectivity index (χ1v) is 12.1. The Morgan fingerprint density at radius 3 is 1.95 bits per heavy atom. The van der Waals surface area contributed by atoms with Crippen molar-refractivity contribution in [2.45, 2.75) is 25.3 Å². The van der Waals surface area contributed by atoms with Crippen LogP contribution in [0.1, 0.15) is 34.4 Å². The third-order valence-electron chi connectivity index (χ3n) is 6.97. The fraction of sp³-hybridized carbons (Fsp3) is 0.138. The minimum Gasteiger partial charge on any atom is -0.342 e. The van der Waals surface area contributed by atoms with Crippen molar-refractivity contribution in [2.75, 3.05) is 4.90 Å². The molecule has 0 N–H and O–H groups in total. The zero-order chi connectivity index (χ0) is 26.4. The van der Waals surface area contributed by atoms with E-state index in [2.05, 4.69) is 4.90 Å². The Morgan fingerprint density at radius 1 is 0.763 bits per heavy atom. The highest BCUT2D eigenvalue weighted by molar-refractivity contribution is 6.09. The highest BCUT2D eigenvalue weighted by Gasteiger charge is 2.48. The first-order valence-electron chi connectivity index (χ1n) is 12.1. The predicted octanol–water partition coefficient (Wildman–Crippen LogP) is 6.59. The molecule has 1 fully saturated rings. The van der Waals surface area contributed by atoms with Crippen molar-refractivity contribution >= 4 is 28.5 Å². The molecule has 0 bridgehead atoms. The molecule has 38 heavy (non-hydrogen) atoms. The Bertz CT molecular complexity index is 1570. The van der Waals surface area contributed by atoms with Gasteiger partial charge in [-0.2, -0.15) is 0 Å². The summed E-state index contributed by atoms with van der Waals surface area (Å²) < 4.78 is 6.74. The molecule has 1 saturated heterocycles. The number of hydrogen-bond acceptors (Lipinski definition) is 7. The van der Waals surface area contributed by atoms with Crippen LogP contribution in [0.2, 0.25) is 0 Å². The lowest BCUT2D eigenvalue weighted by molar-refractivity contribution is -0.385. The van der Waals surface area contributed by atoms with Gasteiger partial charge in [0.05, 0.1) is 33.0 Å². The van der Waals surface area contributed by atoms with Crippen molar-refractivity contribution in [2.24, 2.45) is 4.99 Å². The van der Waals surface area contributed by atoms with Crippen LogP contribution in [0.3, 0.4) is 0 Å². The van der Waals surface area contributed by atoms with E-state index in [0.717, 1.165) is 39.3 Å². The van der Waals surface area contributed by atoms with Crippen molar-refractivity contribution in [3.05, 3.63) is 140 Å². The van der Waals surface area contributed by atoms with Crippen LogP contribution in [0.15, 0.2) is 102 Å². The monoisotopic (exact) mass is 506 g/mol. The summed E-state index contributed by atoms with van der Waals surface area (Å²) in [6.45, 7) is 2.02. The van der Waals surface area contributed by atoms with Gasteiger partial charge in [-0.05, 0) is 42.3 Å². The largest absolute Gasteiger partial charge is 0.342 e. The van der Waals surface area contributed by atoms with E-state index < -0.39 is 22.2 Å². The number of anilines is 1. The average molecular weight is 507 g/mol. The number of aliphatic imine (C=N–C) groups is 1. The topological polar surface area (TPSA) is 111 Å². The molecule has 188 valence electrons. The molecular formula is C29H22N4O5. The molecule has 0 saturated carbocycles. The number of nitrogens with zero attached hydrogens (tertiary/aromatic N) is 4. The molecule has 4 aromatic rings. The standard InChI is InChI=1S/C29H22N4O5/c1-18-6-8-19(9-7-18)26-29-31(25-5-3-2-4-24(25)30-26)27(20-10-14-22(15-11-20)32(34)35)28(38-29)21-12-16-23(17-13-21)33(36)37/h2-17,27-29H,1H3/t27-,28+,29-/m1/s1. The number of hydrogen-bond donors (Lipinski definition) is 0. The zero-order valence-corrected chi connectivity index (χ0v) is 20.3. The van der Waals surface area contributed by atoms with Crippen molar-refractivity contribution in [3.8, 4) is 0 Å². The van der Waals surface area contributed by atoms with E-state index in [1.54, 1.807) is 24.3 Å². The molecule has 4 aromatic carbocycles. The Hall–Kier alpha value is -4.89. The highest BCUT2D eigenvalue weighted by Crippen LogP contribution is 2.52. The van der Waals surface area contributed by atoms with Crippen LogP contribution < -0.4 is 4.90 Å². The molecule has 0 aliphatic carbocycles. The molecule has 2 aliphatic rings. The Morgan fingerprint density at radius 2 is 1.34 bits per heavy atom. The zero-order valence-electron chi connectivity index (χ0n) is 20.3. The Labute approximate surface area is 217 Å². The van der Waals surface area contributed by atoms with Crippen LogP contribution in [0, 0.1) is 27.2 Å². The molecule has 3 atom stereocenters. The highest BCUT2D eigenvalue weighted by atomic mass is 16.6. The lowest BCUT2D eigenvalue weighted by atomic mass is 9.93. The van der Waals surface area contributed by atoms with Gasteiger partial charge in [-0.25, -0.2) is 4.99 Å². The van der Waals surface area contributed by atoms with Crippen LogP contribution in [0.4, 0.5) is 22.7 Å². The maximum Gasteiger partial charge on any atom is 0.269 e. The van der Waals surface area contributed by atoms with Gasteiger partial charge in [-0.15, -0.1) is 0 Å². The van der Waals surface area contributed by atoms with Gasteiger partial charge < -0.3 is 9.64 Å². The minimum atomic E-state index is -0.548. The summed E-state index contributed by atoms with van der Waals surface area (Å²) in [6.07, 6.45) is -1.07. The van der Waals surface area contributed by atoms with Gasteiger partial charge in [0.25, 0.3) is 11.4 Å². The average Bonchev–Trinajstić information content (AvgIpc) is 3.34. The van der Waals surface area contributed by atoms with Crippen LogP contribution >= 0.6 is 0 Å². The second kappa shape index (κ2) is 9.20. The van der Waals surface area contributed by atoms with Crippen molar-refractivity contribution in [3.63, 3.8) is 0 Å². The molecule has 9 nitrogen and oxygen atoms in total. The molecule has 0 unspecified atom stereocenters. The molecule has 0 aromatic heterocycles. The summed E-state index contributed by atoms with van der Waals surface area (Å²) in [5, 5.41) is 22.6. The lowest BCUT2D eigenvalue weighted by Gasteiger charge is -2.35. The van der Waals surface area contributed by atoms with Crippen LogP contribution in [0.25, 0.3) is 0 Å². The Kier molecular flexibility index (Phi) is 5.69. The lowest BCUT2D eigenvalue weighted by Crippen LogP contribution is -2.41. The summed E-state index contributed by atoms with van der Waals surface area (Å²) in [5.74, 6) is 0. The number of ether oxygens (including phenoxy) is 1. The summed E-state index contributed by atoms with van der Waals surface area (Å²) in [7, 11) is 0. The number of aryl methyl sites for hydroxylation is 1. The van der Waals surface area contributed by atoms with Crippen LogP contribution in [0.5, 0.6) is 0 Å². The van der Waals surface area contributed by atoms with Crippen LogP contribution in [-0.2, 0) is 4.74 Å². The van der Waals surface area contributed by atoms with Gasteiger partial charge in [0.15, 0.2) is 6.23 Å². The first kappa shape index (κ1) is 23.5. The number of rotatable bonds is 5. The molecule has 6 rings (SSSR count). The van der Waals surface area contributed by atoms with E-state index in [4.69, 9.17) is 9.73 Å². The molecule has 0 amide bonds. The van der Waals surface area contributed by atoms with E-state index in [0.29, 0.717) is 0 Å². The third-order valence-corrected chi connectivity index (χ3v) is 6.97. The van der Waals surface area contributed by atoms with Crippen molar-refractivity contribution in [1.82, 2.24) is 0 Å². The van der Waals surface area contributed by atoms with Gasteiger partial charge in [-0.1, -0.05) is 54.1 Å². The fourth-order valence-corrected chi connectivity index (χ4v) is 5.11. The number of benzene rings is 4. The molecule has 0 radical (unpaired) electrons. The number of fused-ring (bicyclic) bond motifs is 3. The quantitative estimate of drug-likeness (QED) is 0.223. The van der Waals surface area contributed by atoms with Gasteiger partial charge in [0.2, 0.25) is 0 Å². The summed E-state index contributed by atoms with van der Waals surface area (Å²) in [6, 6.07) is 28.3. The SMILES string of the molecule is Cc1ccc(C2=Nc3ccccc3N3[C@@H]2O[C@@H](c2ccc([N+](=O)[O-])cc2)[C@H]3c2ccc([N+](=O)[O-])cc2)cc1. The molecule has 2 aliphatic heterocycles. The van der Waals surface area contributed by atoms with E-state index in [1.807, 2.05) is 55.5 Å². The minimum absolute atomic E-state index is 0.00273. The van der Waals surface area contributed by atoms with Gasteiger partial charge >= 0.3 is 0 Å². The number of nitro benzene ring substituents is 2. The van der Waals surface area contributed by atoms with Crippen molar-refractivity contribution in [1.29, 1.82) is 0 Å². The van der Waals surface area contributed by atoms with Crippen LogP contribution in [-0.4, -0.2) is 21.8 Å². The maximum absolute atomic E-state index is 11.3. The number of non-ortho nitro benzene ring substituents is 2. The summed E-state index contributed by atoms with van der Waals surface area (Å²) in [4.78, 5) is 28.9. The third kappa shape index (κ3) is 3.99. The smallest absolute Gasteiger partial charge is 0.269 e. The second-order valence-electron chi connectivity index (χ2n) is 9.31. The van der Waals surface area contributed by atoms with Crippen molar-refractivity contribution < 1.29 is 14.6 Å².